The van der Waals surface area contributed by atoms with Crippen LogP contribution in [0.25, 0.3) is 11.0 Å². The fourth-order valence-corrected chi connectivity index (χ4v) is 1.72. The molecule has 0 aliphatic heterocycles. The van der Waals surface area contributed by atoms with Gasteiger partial charge < -0.3 is 10.1 Å². The molecule has 0 spiro atoms. The summed E-state index contributed by atoms with van der Waals surface area (Å²) in [5, 5.41) is 9.09. The molecule has 84 valence electrons. The maximum Gasteiger partial charge on any atom is 0.168 e. The van der Waals surface area contributed by atoms with Crippen molar-refractivity contribution in [2.24, 2.45) is 5.92 Å². The minimum absolute atomic E-state index is 0.0125. The lowest BCUT2D eigenvalue weighted by atomic mass is 9.96. The summed E-state index contributed by atoms with van der Waals surface area (Å²) >= 11 is 0. The SMILES string of the molecule is CCC(CO)C(=O)c1ccc2nc[nH]c2c1. The van der Waals surface area contributed by atoms with E-state index in [1.165, 1.54) is 0 Å². The Hall–Kier alpha value is -1.68. The third kappa shape index (κ3) is 1.84. The molecule has 2 aromatic rings. The Morgan fingerprint density at radius 2 is 2.38 bits per heavy atom. The van der Waals surface area contributed by atoms with Crippen molar-refractivity contribution in [3.63, 3.8) is 0 Å². The van der Waals surface area contributed by atoms with Crippen molar-refractivity contribution >= 4 is 16.8 Å². The van der Waals surface area contributed by atoms with Gasteiger partial charge in [-0.3, -0.25) is 4.79 Å². The number of fused-ring (bicyclic) bond motifs is 1. The number of aliphatic hydroxyl groups is 1. The highest BCUT2D eigenvalue weighted by atomic mass is 16.3. The second-order valence-corrected chi connectivity index (χ2v) is 3.79. The van der Waals surface area contributed by atoms with Gasteiger partial charge in [0.15, 0.2) is 5.78 Å². The number of imidazole rings is 1. The van der Waals surface area contributed by atoms with Gasteiger partial charge in [-0.25, -0.2) is 4.98 Å². The molecule has 2 rings (SSSR count). The minimum Gasteiger partial charge on any atom is -0.396 e. The molecular weight excluding hydrogens is 204 g/mol. The summed E-state index contributed by atoms with van der Waals surface area (Å²) in [4.78, 5) is 19.0. The zero-order chi connectivity index (χ0) is 11.5. The summed E-state index contributed by atoms with van der Waals surface area (Å²) in [6.45, 7) is 1.80. The molecule has 4 heteroatoms. The molecule has 0 aliphatic carbocycles. The smallest absolute Gasteiger partial charge is 0.168 e. The molecular formula is C12H14N2O2. The molecule has 1 heterocycles. The van der Waals surface area contributed by atoms with Gasteiger partial charge in [0.25, 0.3) is 0 Å². The van der Waals surface area contributed by atoms with Crippen LogP contribution in [0.5, 0.6) is 0 Å². The predicted molar refractivity (Wildman–Crippen MR) is 61.3 cm³/mol. The van der Waals surface area contributed by atoms with Gasteiger partial charge in [0, 0.05) is 11.5 Å². The van der Waals surface area contributed by atoms with Gasteiger partial charge in [0.2, 0.25) is 0 Å². The van der Waals surface area contributed by atoms with E-state index in [2.05, 4.69) is 9.97 Å². The van der Waals surface area contributed by atoms with Crippen molar-refractivity contribution in [1.82, 2.24) is 9.97 Å². The topological polar surface area (TPSA) is 66.0 Å². The lowest BCUT2D eigenvalue weighted by Crippen LogP contribution is -2.17. The maximum atomic E-state index is 12.0. The van der Waals surface area contributed by atoms with Gasteiger partial charge >= 0.3 is 0 Å². The van der Waals surface area contributed by atoms with Gasteiger partial charge in [-0.15, -0.1) is 0 Å². The van der Waals surface area contributed by atoms with Crippen LogP contribution in [-0.2, 0) is 0 Å². The number of benzene rings is 1. The Balaban J connectivity index is 2.35. The van der Waals surface area contributed by atoms with Gasteiger partial charge in [0.1, 0.15) is 0 Å². The van der Waals surface area contributed by atoms with Crippen molar-refractivity contribution in [1.29, 1.82) is 0 Å². The van der Waals surface area contributed by atoms with E-state index < -0.39 is 0 Å². The minimum atomic E-state index is -0.305. The van der Waals surface area contributed by atoms with Gasteiger partial charge in [-0.2, -0.15) is 0 Å². The Bertz CT molecular complexity index is 500. The number of aromatic nitrogens is 2. The van der Waals surface area contributed by atoms with Crippen molar-refractivity contribution < 1.29 is 9.90 Å². The van der Waals surface area contributed by atoms with Crippen LogP contribution < -0.4 is 0 Å². The molecule has 0 saturated carbocycles. The van der Waals surface area contributed by atoms with Crippen LogP contribution in [0.2, 0.25) is 0 Å². The zero-order valence-electron chi connectivity index (χ0n) is 9.10. The first-order chi connectivity index (χ1) is 7.76. The Kier molecular flexibility index (Phi) is 3.01. The van der Waals surface area contributed by atoms with E-state index in [-0.39, 0.29) is 18.3 Å². The third-order valence-electron chi connectivity index (χ3n) is 2.79. The van der Waals surface area contributed by atoms with Crippen molar-refractivity contribution in [3.8, 4) is 0 Å². The number of nitrogens with one attached hydrogen (secondary N) is 1. The normalized spacial score (nSPS) is 12.9. The number of carbonyl (C=O) groups excluding carboxylic acids is 1. The molecule has 0 saturated heterocycles. The quantitative estimate of drug-likeness (QED) is 0.768. The van der Waals surface area contributed by atoms with Crippen molar-refractivity contribution in [2.45, 2.75) is 13.3 Å². The molecule has 1 atom stereocenters. The van der Waals surface area contributed by atoms with E-state index >= 15 is 0 Å². The third-order valence-corrected chi connectivity index (χ3v) is 2.79. The number of Topliss-reactive ketones (excluding diaryl/α,β-unsaturated/α-hetero) is 1. The number of carbonyl (C=O) groups is 1. The van der Waals surface area contributed by atoms with Crippen LogP contribution in [0.3, 0.4) is 0 Å². The lowest BCUT2D eigenvalue weighted by molar-refractivity contribution is 0.0856. The first-order valence-corrected chi connectivity index (χ1v) is 5.34. The van der Waals surface area contributed by atoms with Gasteiger partial charge in [-0.05, 0) is 24.6 Å². The highest BCUT2D eigenvalue weighted by Gasteiger charge is 2.17. The average molecular weight is 218 g/mol. The van der Waals surface area contributed by atoms with E-state index in [0.717, 1.165) is 11.0 Å². The summed E-state index contributed by atoms with van der Waals surface area (Å²) < 4.78 is 0. The highest BCUT2D eigenvalue weighted by molar-refractivity contribution is 6.00. The molecule has 0 amide bonds. The summed E-state index contributed by atoms with van der Waals surface area (Å²) in [6.07, 6.45) is 2.25. The monoisotopic (exact) mass is 218 g/mol. The van der Waals surface area contributed by atoms with Crippen LogP contribution in [0, 0.1) is 5.92 Å². The van der Waals surface area contributed by atoms with E-state index in [9.17, 15) is 4.79 Å². The molecule has 2 N–H and O–H groups in total. The molecule has 1 unspecified atom stereocenters. The van der Waals surface area contributed by atoms with Crippen LogP contribution >= 0.6 is 0 Å². The number of hydrogen-bond acceptors (Lipinski definition) is 3. The van der Waals surface area contributed by atoms with Gasteiger partial charge in [-0.1, -0.05) is 6.92 Å². The van der Waals surface area contributed by atoms with Crippen molar-refractivity contribution in [2.75, 3.05) is 6.61 Å². The van der Waals surface area contributed by atoms with Crippen LogP contribution in [-0.4, -0.2) is 27.5 Å². The molecule has 0 aliphatic rings. The van der Waals surface area contributed by atoms with Crippen LogP contribution in [0.4, 0.5) is 0 Å². The standard InChI is InChI=1S/C12H14N2O2/c1-2-8(6-15)12(16)9-3-4-10-11(5-9)14-7-13-10/h3-5,7-8,15H,2,6H2,1H3,(H,13,14). The number of aliphatic hydroxyl groups excluding tert-OH is 1. The summed E-state index contributed by atoms with van der Waals surface area (Å²) in [7, 11) is 0. The molecule has 1 aromatic carbocycles. The summed E-state index contributed by atoms with van der Waals surface area (Å²) in [5.74, 6) is -0.318. The van der Waals surface area contributed by atoms with Crippen LogP contribution in [0.1, 0.15) is 23.7 Å². The lowest BCUT2D eigenvalue weighted by Gasteiger charge is -2.09. The number of aromatic amines is 1. The Labute approximate surface area is 93.3 Å². The van der Waals surface area contributed by atoms with Gasteiger partial charge in [0.05, 0.1) is 24.0 Å². The summed E-state index contributed by atoms with van der Waals surface area (Å²) in [6, 6.07) is 5.34. The molecule has 0 radical (unpaired) electrons. The van der Waals surface area contributed by atoms with E-state index in [0.29, 0.717) is 12.0 Å². The molecule has 0 bridgehead atoms. The number of hydrogen-bond donors (Lipinski definition) is 2. The fraction of sp³-hybridized carbons (Fsp3) is 0.333. The van der Waals surface area contributed by atoms with Crippen molar-refractivity contribution in [3.05, 3.63) is 30.1 Å². The average Bonchev–Trinajstić information content (AvgIpc) is 2.77. The number of nitrogens with zero attached hydrogens (tertiary/aromatic N) is 1. The second-order valence-electron chi connectivity index (χ2n) is 3.79. The van der Waals surface area contributed by atoms with E-state index in [4.69, 9.17) is 5.11 Å². The summed E-state index contributed by atoms with van der Waals surface area (Å²) in [5.41, 5.74) is 2.31. The van der Waals surface area contributed by atoms with E-state index in [1.54, 1.807) is 18.5 Å². The Morgan fingerprint density at radius 3 is 3.06 bits per heavy atom. The zero-order valence-corrected chi connectivity index (χ0v) is 9.10. The molecule has 16 heavy (non-hydrogen) atoms. The largest absolute Gasteiger partial charge is 0.396 e. The molecule has 0 fully saturated rings. The predicted octanol–water partition coefficient (Wildman–Crippen LogP) is 1.76. The number of H-pyrrole nitrogens is 1. The molecule has 1 aromatic heterocycles. The molecule has 4 nitrogen and oxygen atoms in total. The fourth-order valence-electron chi connectivity index (χ4n) is 1.72. The van der Waals surface area contributed by atoms with E-state index in [1.807, 2.05) is 13.0 Å². The Morgan fingerprint density at radius 1 is 1.56 bits per heavy atom. The van der Waals surface area contributed by atoms with Crippen LogP contribution in [0.15, 0.2) is 24.5 Å². The first-order valence-electron chi connectivity index (χ1n) is 5.34. The number of ketones is 1. The first kappa shape index (κ1) is 10.8. The maximum absolute atomic E-state index is 12.0. The second kappa shape index (κ2) is 4.45. The highest BCUT2D eigenvalue weighted by Crippen LogP contribution is 2.16. The number of rotatable bonds is 4.